The maximum Gasteiger partial charge on any atom is 0.276 e. The fourth-order valence-corrected chi connectivity index (χ4v) is 4.54. The molecule has 0 spiro atoms. The van der Waals surface area contributed by atoms with Crippen molar-refractivity contribution in [2.24, 2.45) is 11.0 Å². The Bertz CT molecular complexity index is 1160. The normalized spacial score (nSPS) is 18.2. The number of aromatic amines is 1. The van der Waals surface area contributed by atoms with Crippen LogP contribution in [0.5, 0.6) is 5.75 Å². The molecule has 1 aromatic heterocycles. The number of H-pyrrole nitrogens is 1. The minimum absolute atomic E-state index is 0.199. The van der Waals surface area contributed by atoms with E-state index in [9.17, 15) is 8.42 Å². The van der Waals surface area contributed by atoms with Gasteiger partial charge in [0.15, 0.2) is 0 Å². The standard InChI is InChI=1S/C21H23N3O3S/c1-13-7-9-15(10-8-13)28(25,26)24-23-18-12-14(2)11-17-16-5-4-6-19(27-3)21(16)22-20(17)18/h4-10,14,22,24H,11-12H2,1-3H3/b23-18-. The molecule has 0 bridgehead atoms. The summed E-state index contributed by atoms with van der Waals surface area (Å²) in [6, 6.07) is 12.6. The molecule has 0 aliphatic heterocycles. The van der Waals surface area contributed by atoms with Crippen LogP contribution in [-0.4, -0.2) is 26.2 Å². The van der Waals surface area contributed by atoms with Gasteiger partial charge in [-0.2, -0.15) is 18.4 Å². The van der Waals surface area contributed by atoms with Crippen molar-refractivity contribution in [1.82, 2.24) is 9.82 Å². The van der Waals surface area contributed by atoms with Crippen LogP contribution >= 0.6 is 0 Å². The van der Waals surface area contributed by atoms with E-state index >= 15 is 0 Å². The smallest absolute Gasteiger partial charge is 0.276 e. The Morgan fingerprint density at radius 1 is 1.14 bits per heavy atom. The Labute approximate surface area is 164 Å². The Kier molecular flexibility index (Phi) is 4.63. The number of hydrazone groups is 1. The predicted molar refractivity (Wildman–Crippen MR) is 110 cm³/mol. The van der Waals surface area contributed by atoms with Gasteiger partial charge >= 0.3 is 0 Å². The van der Waals surface area contributed by atoms with Crippen LogP contribution in [0.2, 0.25) is 0 Å². The van der Waals surface area contributed by atoms with Crippen LogP contribution in [0.25, 0.3) is 10.9 Å². The monoisotopic (exact) mass is 397 g/mol. The topological polar surface area (TPSA) is 83.5 Å². The number of para-hydroxylation sites is 1. The molecule has 0 fully saturated rings. The van der Waals surface area contributed by atoms with Crippen molar-refractivity contribution in [1.29, 1.82) is 0 Å². The lowest BCUT2D eigenvalue weighted by molar-refractivity contribution is 0.419. The van der Waals surface area contributed by atoms with Crippen molar-refractivity contribution < 1.29 is 13.2 Å². The number of sulfonamides is 1. The van der Waals surface area contributed by atoms with Crippen molar-refractivity contribution in [2.75, 3.05) is 7.11 Å². The Hall–Kier alpha value is -2.80. The number of benzene rings is 2. The van der Waals surface area contributed by atoms with Crippen LogP contribution in [0.1, 0.15) is 30.2 Å². The number of nitrogens with one attached hydrogen (secondary N) is 2. The minimum Gasteiger partial charge on any atom is -0.495 e. The van der Waals surface area contributed by atoms with Gasteiger partial charge < -0.3 is 9.72 Å². The van der Waals surface area contributed by atoms with Gasteiger partial charge in [-0.05, 0) is 49.4 Å². The summed E-state index contributed by atoms with van der Waals surface area (Å²) in [7, 11) is -2.07. The lowest BCUT2D eigenvalue weighted by Gasteiger charge is -2.20. The molecular weight excluding hydrogens is 374 g/mol. The molecule has 0 saturated carbocycles. The van der Waals surface area contributed by atoms with E-state index in [0.717, 1.165) is 39.9 Å². The van der Waals surface area contributed by atoms with Crippen molar-refractivity contribution in [3.05, 3.63) is 59.3 Å². The third-order valence-electron chi connectivity index (χ3n) is 5.14. The summed E-state index contributed by atoms with van der Waals surface area (Å²) in [4.78, 5) is 6.01. The zero-order chi connectivity index (χ0) is 19.9. The molecule has 2 aromatic carbocycles. The van der Waals surface area contributed by atoms with Gasteiger partial charge in [-0.25, -0.2) is 0 Å². The summed E-state index contributed by atoms with van der Waals surface area (Å²) >= 11 is 0. The predicted octanol–water partition coefficient (Wildman–Crippen LogP) is 3.75. The molecule has 0 radical (unpaired) electrons. The Morgan fingerprint density at radius 2 is 1.89 bits per heavy atom. The first-order valence-electron chi connectivity index (χ1n) is 9.22. The average molecular weight is 398 g/mol. The van der Waals surface area contributed by atoms with Crippen LogP contribution in [-0.2, 0) is 16.4 Å². The summed E-state index contributed by atoms with van der Waals surface area (Å²) < 4.78 is 30.7. The molecule has 1 unspecified atom stereocenters. The summed E-state index contributed by atoms with van der Waals surface area (Å²) in [6.07, 6.45) is 1.60. The molecule has 1 atom stereocenters. The van der Waals surface area contributed by atoms with E-state index < -0.39 is 10.0 Å². The average Bonchev–Trinajstić information content (AvgIpc) is 3.05. The third kappa shape index (κ3) is 3.26. The molecule has 1 aliphatic carbocycles. The number of aryl methyl sites for hydroxylation is 1. The van der Waals surface area contributed by atoms with E-state index in [1.54, 1.807) is 31.4 Å². The van der Waals surface area contributed by atoms with Crippen LogP contribution in [0.15, 0.2) is 52.5 Å². The number of rotatable bonds is 4. The third-order valence-corrected chi connectivity index (χ3v) is 6.36. The second-order valence-corrected chi connectivity index (χ2v) is 9.00. The van der Waals surface area contributed by atoms with E-state index in [2.05, 4.69) is 27.9 Å². The first-order chi connectivity index (χ1) is 13.4. The molecule has 1 heterocycles. The van der Waals surface area contributed by atoms with Crippen LogP contribution in [0, 0.1) is 12.8 Å². The van der Waals surface area contributed by atoms with E-state index in [0.29, 0.717) is 18.1 Å². The highest BCUT2D eigenvalue weighted by atomic mass is 32.2. The summed E-state index contributed by atoms with van der Waals surface area (Å²) in [5.74, 6) is 1.12. The number of methoxy groups -OCH3 is 1. The summed E-state index contributed by atoms with van der Waals surface area (Å²) in [5.41, 5.74) is 4.66. The van der Waals surface area contributed by atoms with Gasteiger partial charge in [0.05, 0.1) is 28.9 Å². The van der Waals surface area contributed by atoms with Gasteiger partial charge in [-0.15, -0.1) is 0 Å². The number of hydrogen-bond acceptors (Lipinski definition) is 4. The molecule has 6 nitrogen and oxygen atoms in total. The molecular formula is C21H23N3O3S. The molecule has 7 heteroatoms. The number of ether oxygens (including phenoxy) is 1. The lowest BCUT2D eigenvalue weighted by Crippen LogP contribution is -2.24. The van der Waals surface area contributed by atoms with Gasteiger partial charge in [-0.1, -0.05) is 36.8 Å². The lowest BCUT2D eigenvalue weighted by atomic mass is 9.86. The van der Waals surface area contributed by atoms with Gasteiger partial charge in [0.25, 0.3) is 10.0 Å². The van der Waals surface area contributed by atoms with Crippen LogP contribution in [0.4, 0.5) is 0 Å². The first kappa shape index (κ1) is 18.6. The van der Waals surface area contributed by atoms with Crippen LogP contribution in [0.3, 0.4) is 0 Å². The molecule has 0 amide bonds. The first-order valence-corrected chi connectivity index (χ1v) is 10.7. The molecule has 2 N–H and O–H groups in total. The SMILES string of the molecule is COc1cccc2c3c([nH]c12)/C(=N\NS(=O)(=O)c1ccc(C)cc1)CC(C)C3. The maximum absolute atomic E-state index is 12.6. The van der Waals surface area contributed by atoms with Crippen molar-refractivity contribution in [2.45, 2.75) is 31.6 Å². The quantitative estimate of drug-likeness (QED) is 0.658. The summed E-state index contributed by atoms with van der Waals surface area (Å²) in [5, 5.41) is 5.40. The highest BCUT2D eigenvalue weighted by molar-refractivity contribution is 7.89. The maximum atomic E-state index is 12.6. The van der Waals surface area contributed by atoms with E-state index in [4.69, 9.17) is 4.74 Å². The van der Waals surface area contributed by atoms with Gasteiger partial charge in [-0.3, -0.25) is 0 Å². The van der Waals surface area contributed by atoms with Crippen molar-refractivity contribution in [3.63, 3.8) is 0 Å². The van der Waals surface area contributed by atoms with E-state index in [1.807, 2.05) is 19.1 Å². The van der Waals surface area contributed by atoms with Crippen molar-refractivity contribution in [3.8, 4) is 5.75 Å². The molecule has 0 saturated heterocycles. The van der Waals surface area contributed by atoms with Gasteiger partial charge in [0.2, 0.25) is 0 Å². The molecule has 1 aliphatic rings. The van der Waals surface area contributed by atoms with Gasteiger partial charge in [0.1, 0.15) is 5.75 Å². The summed E-state index contributed by atoms with van der Waals surface area (Å²) in [6.45, 7) is 4.06. The fraction of sp³-hybridized carbons (Fsp3) is 0.286. The second kappa shape index (κ2) is 6.98. The number of aromatic nitrogens is 1. The minimum atomic E-state index is -3.72. The molecule has 3 aromatic rings. The Morgan fingerprint density at radius 3 is 2.61 bits per heavy atom. The molecule has 28 heavy (non-hydrogen) atoms. The molecule has 146 valence electrons. The second-order valence-electron chi connectivity index (χ2n) is 7.34. The highest BCUT2D eigenvalue weighted by Crippen LogP contribution is 2.35. The van der Waals surface area contributed by atoms with Gasteiger partial charge in [0, 0.05) is 5.39 Å². The molecule has 4 rings (SSSR count). The fourth-order valence-electron chi connectivity index (χ4n) is 3.71. The van der Waals surface area contributed by atoms with Crippen LogP contribution < -0.4 is 9.57 Å². The number of fused-ring (bicyclic) bond motifs is 3. The van der Waals surface area contributed by atoms with Crippen molar-refractivity contribution >= 4 is 26.6 Å². The van der Waals surface area contributed by atoms with E-state index in [-0.39, 0.29) is 4.90 Å². The zero-order valence-corrected chi connectivity index (χ0v) is 16.9. The largest absolute Gasteiger partial charge is 0.495 e. The Balaban J connectivity index is 1.74. The number of hydrogen-bond donors (Lipinski definition) is 2. The highest BCUT2D eigenvalue weighted by Gasteiger charge is 2.26. The van der Waals surface area contributed by atoms with E-state index in [1.165, 1.54) is 0 Å². The number of nitrogens with zero attached hydrogens (tertiary/aromatic N) is 1. The zero-order valence-electron chi connectivity index (χ0n) is 16.1.